The smallest absolute Gasteiger partial charge is 0.341 e. The Morgan fingerprint density at radius 1 is 1.60 bits per heavy atom. The lowest BCUT2D eigenvalue weighted by Crippen LogP contribution is -2.19. The maximum atomic E-state index is 11.4. The van der Waals surface area contributed by atoms with Crippen LogP contribution >= 0.6 is 15.9 Å². The average Bonchev–Trinajstić information content (AvgIpc) is 2.09. The second-order valence-electron chi connectivity index (χ2n) is 3.74. The highest BCUT2D eigenvalue weighted by Crippen LogP contribution is 2.17. The van der Waals surface area contributed by atoms with E-state index in [9.17, 15) is 9.59 Å². The van der Waals surface area contributed by atoms with Gasteiger partial charge in [-0.25, -0.2) is 4.79 Å². The number of carboxylic acid groups (broad SMARTS) is 1. The van der Waals surface area contributed by atoms with E-state index in [4.69, 9.17) is 5.11 Å². The molecule has 1 heterocycles. The number of aromatic nitrogens is 1. The van der Waals surface area contributed by atoms with Crippen LogP contribution in [0.1, 0.15) is 29.9 Å². The molecule has 4 nitrogen and oxygen atoms in total. The number of aromatic carboxylic acids is 1. The minimum Gasteiger partial charge on any atom is -0.477 e. The molecule has 0 saturated carbocycles. The molecule has 0 atom stereocenters. The molecule has 0 radical (unpaired) electrons. The maximum Gasteiger partial charge on any atom is 0.341 e. The Balaban J connectivity index is 3.20. The number of carbonyl (C=O) groups is 1. The summed E-state index contributed by atoms with van der Waals surface area (Å²) < 4.78 is 0.633. The summed E-state index contributed by atoms with van der Waals surface area (Å²) in [5, 5.41) is 8.72. The molecule has 0 bridgehead atoms. The lowest BCUT2D eigenvalue weighted by Gasteiger charge is -2.07. The molecule has 1 aromatic rings. The molecule has 0 fully saturated rings. The van der Waals surface area contributed by atoms with Crippen molar-refractivity contribution in [3.8, 4) is 0 Å². The fourth-order valence-electron chi connectivity index (χ4n) is 1.26. The minimum absolute atomic E-state index is 0.241. The topological polar surface area (TPSA) is 70.2 Å². The van der Waals surface area contributed by atoms with E-state index in [1.807, 2.05) is 13.8 Å². The fraction of sp³-hybridized carbons (Fsp3) is 0.400. The van der Waals surface area contributed by atoms with E-state index >= 15 is 0 Å². The van der Waals surface area contributed by atoms with Crippen LogP contribution in [0.5, 0.6) is 0 Å². The van der Waals surface area contributed by atoms with E-state index in [1.165, 1.54) is 6.07 Å². The Hall–Kier alpha value is -1.10. The van der Waals surface area contributed by atoms with Crippen molar-refractivity contribution < 1.29 is 9.90 Å². The molecule has 0 unspecified atom stereocenters. The third kappa shape index (κ3) is 2.92. The van der Waals surface area contributed by atoms with E-state index in [1.54, 1.807) is 0 Å². The van der Waals surface area contributed by atoms with Crippen molar-refractivity contribution in [3.05, 3.63) is 32.2 Å². The summed E-state index contributed by atoms with van der Waals surface area (Å²) in [6.07, 6.45) is 0.704. The lowest BCUT2D eigenvalue weighted by molar-refractivity contribution is 0.0695. The van der Waals surface area contributed by atoms with Gasteiger partial charge < -0.3 is 10.1 Å². The Morgan fingerprint density at radius 2 is 2.20 bits per heavy atom. The SMILES string of the molecule is CC(C)Cc1[nH]c(=O)c(C(=O)O)cc1Br. The van der Waals surface area contributed by atoms with Gasteiger partial charge in [0, 0.05) is 10.2 Å². The molecule has 0 aliphatic carbocycles. The molecule has 1 aromatic heterocycles. The van der Waals surface area contributed by atoms with Crippen LogP contribution in [0.4, 0.5) is 0 Å². The largest absolute Gasteiger partial charge is 0.477 e. The summed E-state index contributed by atoms with van der Waals surface area (Å²) in [6, 6.07) is 1.35. The molecule has 2 N–H and O–H groups in total. The van der Waals surface area contributed by atoms with Gasteiger partial charge in [-0.05, 0) is 34.3 Å². The molecule has 15 heavy (non-hydrogen) atoms. The molecule has 0 aliphatic heterocycles. The second kappa shape index (κ2) is 4.61. The summed E-state index contributed by atoms with van der Waals surface area (Å²) in [6.45, 7) is 4.05. The summed E-state index contributed by atoms with van der Waals surface area (Å²) in [5.41, 5.74) is -0.0595. The van der Waals surface area contributed by atoms with E-state index in [2.05, 4.69) is 20.9 Å². The number of H-pyrrole nitrogens is 1. The van der Waals surface area contributed by atoms with Gasteiger partial charge in [0.25, 0.3) is 5.56 Å². The number of hydrogen-bond acceptors (Lipinski definition) is 2. The maximum absolute atomic E-state index is 11.4. The van der Waals surface area contributed by atoms with Gasteiger partial charge in [-0.1, -0.05) is 13.8 Å². The molecule has 1 rings (SSSR count). The quantitative estimate of drug-likeness (QED) is 0.886. The van der Waals surface area contributed by atoms with Gasteiger partial charge in [0.05, 0.1) is 0 Å². The predicted molar refractivity (Wildman–Crippen MR) is 60.3 cm³/mol. The number of rotatable bonds is 3. The zero-order valence-electron chi connectivity index (χ0n) is 8.50. The van der Waals surface area contributed by atoms with Gasteiger partial charge in [0.1, 0.15) is 5.56 Å². The normalized spacial score (nSPS) is 10.7. The predicted octanol–water partition coefficient (Wildman–Crippen LogP) is 2.03. The van der Waals surface area contributed by atoms with E-state index in [0.717, 1.165) is 5.69 Å². The van der Waals surface area contributed by atoms with Crippen molar-refractivity contribution in [2.24, 2.45) is 5.92 Å². The Bertz CT molecular complexity index is 437. The first kappa shape index (κ1) is 12.0. The van der Waals surface area contributed by atoms with E-state index < -0.39 is 11.5 Å². The van der Waals surface area contributed by atoms with Gasteiger partial charge in [-0.15, -0.1) is 0 Å². The Kier molecular flexibility index (Phi) is 3.68. The van der Waals surface area contributed by atoms with Crippen LogP contribution in [0.2, 0.25) is 0 Å². The Morgan fingerprint density at radius 3 is 2.67 bits per heavy atom. The van der Waals surface area contributed by atoms with Crippen molar-refractivity contribution in [3.63, 3.8) is 0 Å². The summed E-state index contributed by atoms with van der Waals surface area (Å²) in [4.78, 5) is 24.6. The molecule has 0 aliphatic rings. The van der Waals surface area contributed by atoms with Gasteiger partial charge in [0.2, 0.25) is 0 Å². The van der Waals surface area contributed by atoms with Crippen molar-refractivity contribution >= 4 is 21.9 Å². The molecule has 0 amide bonds. The van der Waals surface area contributed by atoms with E-state index in [0.29, 0.717) is 16.8 Å². The summed E-state index contributed by atoms with van der Waals surface area (Å²) in [7, 11) is 0. The first-order valence-corrected chi connectivity index (χ1v) is 5.36. The molecule has 5 heteroatoms. The highest BCUT2D eigenvalue weighted by molar-refractivity contribution is 9.10. The third-order valence-corrected chi connectivity index (χ3v) is 2.62. The van der Waals surface area contributed by atoms with Gasteiger partial charge in [-0.3, -0.25) is 4.79 Å². The molecule has 82 valence electrons. The first-order valence-electron chi connectivity index (χ1n) is 4.56. The van der Waals surface area contributed by atoms with Crippen LogP contribution < -0.4 is 5.56 Å². The number of hydrogen-bond donors (Lipinski definition) is 2. The standard InChI is InChI=1S/C10H12BrNO3/c1-5(2)3-8-7(11)4-6(10(14)15)9(13)12-8/h4-5H,3H2,1-2H3,(H,12,13)(H,14,15). The molecular weight excluding hydrogens is 262 g/mol. The van der Waals surface area contributed by atoms with Gasteiger partial charge in [-0.2, -0.15) is 0 Å². The van der Waals surface area contributed by atoms with Gasteiger partial charge >= 0.3 is 5.97 Å². The highest BCUT2D eigenvalue weighted by atomic mass is 79.9. The number of aromatic amines is 1. The number of nitrogens with one attached hydrogen (secondary N) is 1. The van der Waals surface area contributed by atoms with Crippen LogP contribution in [0.3, 0.4) is 0 Å². The highest BCUT2D eigenvalue weighted by Gasteiger charge is 2.12. The lowest BCUT2D eigenvalue weighted by atomic mass is 10.1. The number of pyridine rings is 1. The third-order valence-electron chi connectivity index (χ3n) is 1.91. The number of halogens is 1. The zero-order chi connectivity index (χ0) is 11.6. The van der Waals surface area contributed by atoms with Crippen LogP contribution in [-0.2, 0) is 6.42 Å². The van der Waals surface area contributed by atoms with Gasteiger partial charge in [0.15, 0.2) is 0 Å². The molecule has 0 saturated heterocycles. The number of carboxylic acids is 1. The van der Waals surface area contributed by atoms with Crippen molar-refractivity contribution in [1.29, 1.82) is 0 Å². The van der Waals surface area contributed by atoms with Crippen molar-refractivity contribution in [1.82, 2.24) is 4.98 Å². The Labute approximate surface area is 95.5 Å². The fourth-order valence-corrected chi connectivity index (χ4v) is 1.75. The minimum atomic E-state index is -1.21. The van der Waals surface area contributed by atoms with Crippen LogP contribution in [0, 0.1) is 5.92 Å². The average molecular weight is 274 g/mol. The molecular formula is C10H12BrNO3. The summed E-state index contributed by atoms with van der Waals surface area (Å²) >= 11 is 3.24. The van der Waals surface area contributed by atoms with Crippen LogP contribution in [0.15, 0.2) is 15.3 Å². The second-order valence-corrected chi connectivity index (χ2v) is 4.60. The molecule has 0 spiro atoms. The van der Waals surface area contributed by atoms with Crippen molar-refractivity contribution in [2.45, 2.75) is 20.3 Å². The monoisotopic (exact) mass is 273 g/mol. The molecule has 0 aromatic carbocycles. The van der Waals surface area contributed by atoms with Crippen LogP contribution in [-0.4, -0.2) is 16.1 Å². The first-order chi connectivity index (χ1) is 6.91. The van der Waals surface area contributed by atoms with Crippen molar-refractivity contribution in [2.75, 3.05) is 0 Å². The summed E-state index contributed by atoms with van der Waals surface area (Å²) in [5.74, 6) is -0.819. The van der Waals surface area contributed by atoms with E-state index in [-0.39, 0.29) is 5.56 Å². The van der Waals surface area contributed by atoms with Crippen LogP contribution in [0.25, 0.3) is 0 Å². The zero-order valence-corrected chi connectivity index (χ0v) is 10.1.